The molecule has 0 aliphatic rings. The van der Waals surface area contributed by atoms with Gasteiger partial charge in [-0.3, -0.25) is 4.79 Å². The Balaban J connectivity index is 2.76. The maximum atomic E-state index is 10.2. The lowest BCUT2D eigenvalue weighted by Crippen LogP contribution is -2.20. The highest BCUT2D eigenvalue weighted by molar-refractivity contribution is 7.08. The summed E-state index contributed by atoms with van der Waals surface area (Å²) in [5.74, 6) is 0.194. The second-order valence-electron chi connectivity index (χ2n) is 1.75. The highest BCUT2D eigenvalue weighted by atomic mass is 32.1. The molecule has 1 aromatic heterocycles. The van der Waals surface area contributed by atoms with Gasteiger partial charge in [0, 0.05) is 10.8 Å². The second kappa shape index (κ2) is 3.52. The van der Waals surface area contributed by atoms with Crippen LogP contribution in [0, 0.1) is 0 Å². The first-order valence-corrected chi connectivity index (χ1v) is 3.72. The van der Waals surface area contributed by atoms with E-state index in [2.05, 4.69) is 4.65 Å². The van der Waals surface area contributed by atoms with E-state index in [-0.39, 0.29) is 5.75 Å². The fourth-order valence-corrected chi connectivity index (χ4v) is 1.29. The van der Waals surface area contributed by atoms with Crippen molar-refractivity contribution in [2.24, 2.45) is 0 Å². The summed E-state index contributed by atoms with van der Waals surface area (Å²) in [6.45, 7) is 0. The monoisotopic (exact) mass is 172 g/mol. The van der Waals surface area contributed by atoms with Crippen molar-refractivity contribution in [2.75, 3.05) is 0 Å². The topological polar surface area (TPSA) is 66.8 Å². The van der Waals surface area contributed by atoms with Crippen molar-refractivity contribution in [1.29, 1.82) is 0 Å². The molecule has 0 aliphatic heterocycles. The molecule has 0 unspecified atom stereocenters. The smallest absolute Gasteiger partial charge is 0.511 e. The summed E-state index contributed by atoms with van der Waals surface area (Å²) in [6.07, 6.45) is 0.591. The average molecular weight is 172 g/mol. The minimum Gasteiger partial charge on any atom is -0.511 e. The molecule has 0 fully saturated rings. The first-order chi connectivity index (χ1) is 5.24. The van der Waals surface area contributed by atoms with Gasteiger partial charge in [0.25, 0.3) is 0 Å². The number of hydrogen-bond donors (Lipinski definition) is 2. The molecule has 2 N–H and O–H groups in total. The summed E-state index contributed by atoms with van der Waals surface area (Å²) in [7, 11) is -1.87. The predicted octanol–water partition coefficient (Wildman–Crippen LogP) is -0.0911. The van der Waals surface area contributed by atoms with E-state index in [0.717, 1.165) is 0 Å². The third kappa shape index (κ3) is 2.04. The number of thiophene rings is 1. The highest BCUT2D eigenvalue weighted by Gasteiger charge is 2.14. The van der Waals surface area contributed by atoms with Crippen LogP contribution in [0.3, 0.4) is 0 Å². The molecule has 1 heterocycles. The Bertz CT molecular complexity index is 246. The van der Waals surface area contributed by atoms with Crippen molar-refractivity contribution < 1.29 is 19.5 Å². The zero-order valence-electron chi connectivity index (χ0n) is 5.43. The zero-order chi connectivity index (χ0) is 8.27. The molecule has 0 spiro atoms. The first-order valence-electron chi connectivity index (χ1n) is 2.78. The van der Waals surface area contributed by atoms with Crippen LogP contribution >= 0.6 is 11.3 Å². The minimum atomic E-state index is -1.87. The molecular formula is C5H5BO4S. The molecule has 0 amide bonds. The number of rotatable bonds is 3. The third-order valence-electron chi connectivity index (χ3n) is 1.01. The Hall–Kier alpha value is -0.845. The van der Waals surface area contributed by atoms with Crippen LogP contribution in [0.2, 0.25) is 0 Å². The van der Waals surface area contributed by atoms with Gasteiger partial charge < -0.3 is 14.7 Å². The van der Waals surface area contributed by atoms with Crippen LogP contribution in [-0.4, -0.2) is 23.7 Å². The maximum Gasteiger partial charge on any atom is 0.707 e. The van der Waals surface area contributed by atoms with Crippen LogP contribution in [0.1, 0.15) is 10.4 Å². The first kappa shape index (κ1) is 8.25. The van der Waals surface area contributed by atoms with Gasteiger partial charge in [-0.25, -0.2) is 0 Å². The summed E-state index contributed by atoms with van der Waals surface area (Å²) in [5.41, 5.74) is 0.322. The van der Waals surface area contributed by atoms with Gasteiger partial charge in [-0.05, 0) is 0 Å². The molecule has 0 saturated heterocycles. The Morgan fingerprint density at radius 3 is 2.82 bits per heavy atom. The molecule has 0 saturated carbocycles. The fourth-order valence-electron chi connectivity index (χ4n) is 0.590. The Morgan fingerprint density at radius 2 is 2.27 bits per heavy atom. The third-order valence-corrected chi connectivity index (χ3v) is 1.75. The van der Waals surface area contributed by atoms with Crippen LogP contribution in [0.5, 0.6) is 5.75 Å². The molecule has 0 atom stereocenters. The highest BCUT2D eigenvalue weighted by Crippen LogP contribution is 2.21. The van der Waals surface area contributed by atoms with Crippen molar-refractivity contribution in [2.45, 2.75) is 0 Å². The fraction of sp³-hybridized carbons (Fsp3) is 0. The van der Waals surface area contributed by atoms with E-state index in [1.165, 1.54) is 16.7 Å². The van der Waals surface area contributed by atoms with Crippen LogP contribution in [0.15, 0.2) is 10.8 Å². The van der Waals surface area contributed by atoms with E-state index in [1.54, 1.807) is 5.38 Å². The van der Waals surface area contributed by atoms with Gasteiger partial charge in [0.2, 0.25) is 0 Å². The molecule has 58 valence electrons. The van der Waals surface area contributed by atoms with Gasteiger partial charge in [0.15, 0.2) is 6.29 Å². The molecule has 1 rings (SSSR count). The van der Waals surface area contributed by atoms with Crippen LogP contribution < -0.4 is 4.65 Å². The summed E-state index contributed by atoms with van der Waals surface area (Å²) in [6, 6.07) is 0. The van der Waals surface area contributed by atoms with E-state index in [9.17, 15) is 4.79 Å². The molecule has 0 radical (unpaired) electrons. The summed E-state index contributed by atoms with van der Waals surface area (Å²) < 4.78 is 4.47. The number of carbonyl (C=O) groups excluding carboxylic acids is 1. The standard InChI is InChI=1S/C5H5BO4S/c7-1-4-2-11-3-5(4)10-6(8)9/h1-3,8-9H. The lowest BCUT2D eigenvalue weighted by molar-refractivity contribution is 0.112. The van der Waals surface area contributed by atoms with Crippen molar-refractivity contribution in [3.63, 3.8) is 0 Å². The summed E-state index contributed by atoms with van der Waals surface area (Å²) in [5, 5.41) is 19.8. The summed E-state index contributed by atoms with van der Waals surface area (Å²) >= 11 is 1.25. The number of aldehydes is 1. The van der Waals surface area contributed by atoms with Crippen LogP contribution in [-0.2, 0) is 0 Å². The van der Waals surface area contributed by atoms with Crippen LogP contribution in [0.4, 0.5) is 0 Å². The molecule has 6 heteroatoms. The summed E-state index contributed by atoms with van der Waals surface area (Å²) in [4.78, 5) is 10.2. The van der Waals surface area contributed by atoms with Crippen molar-refractivity contribution in [3.05, 3.63) is 16.3 Å². The average Bonchev–Trinajstić information content (AvgIpc) is 2.34. The quantitative estimate of drug-likeness (QED) is 0.493. The molecule has 0 bridgehead atoms. The Kier molecular flexibility index (Phi) is 2.64. The van der Waals surface area contributed by atoms with Gasteiger partial charge >= 0.3 is 7.32 Å². The normalized spacial score (nSPS) is 9.27. The molecular weight excluding hydrogens is 167 g/mol. The lowest BCUT2D eigenvalue weighted by Gasteiger charge is -2.00. The van der Waals surface area contributed by atoms with Gasteiger partial charge in [0.05, 0.1) is 5.56 Å². The Labute approximate surface area is 67.2 Å². The molecule has 4 nitrogen and oxygen atoms in total. The van der Waals surface area contributed by atoms with Crippen LogP contribution in [0.25, 0.3) is 0 Å². The van der Waals surface area contributed by atoms with E-state index in [4.69, 9.17) is 10.0 Å². The molecule has 0 aromatic carbocycles. The molecule has 0 aliphatic carbocycles. The van der Waals surface area contributed by atoms with Gasteiger partial charge in [-0.1, -0.05) is 0 Å². The van der Waals surface area contributed by atoms with Crippen molar-refractivity contribution in [1.82, 2.24) is 0 Å². The van der Waals surface area contributed by atoms with E-state index < -0.39 is 7.32 Å². The van der Waals surface area contributed by atoms with Gasteiger partial charge in [0.1, 0.15) is 5.75 Å². The number of hydrogen-bond acceptors (Lipinski definition) is 5. The van der Waals surface area contributed by atoms with E-state index in [0.29, 0.717) is 11.8 Å². The minimum absolute atomic E-state index is 0.194. The molecule has 11 heavy (non-hydrogen) atoms. The van der Waals surface area contributed by atoms with E-state index >= 15 is 0 Å². The zero-order valence-corrected chi connectivity index (χ0v) is 6.25. The second-order valence-corrected chi connectivity index (χ2v) is 2.50. The predicted molar refractivity (Wildman–Crippen MR) is 40.5 cm³/mol. The molecule has 1 aromatic rings. The maximum absolute atomic E-state index is 10.2. The lowest BCUT2D eigenvalue weighted by atomic mass is 10.2. The van der Waals surface area contributed by atoms with E-state index in [1.807, 2.05) is 0 Å². The Morgan fingerprint density at radius 1 is 1.55 bits per heavy atom. The van der Waals surface area contributed by atoms with Crippen molar-refractivity contribution >= 4 is 24.9 Å². The number of carbonyl (C=O) groups is 1. The SMILES string of the molecule is O=Cc1cscc1OB(O)O. The van der Waals surface area contributed by atoms with Crippen molar-refractivity contribution in [3.8, 4) is 5.75 Å². The largest absolute Gasteiger partial charge is 0.707 e. The van der Waals surface area contributed by atoms with Gasteiger partial charge in [-0.2, -0.15) is 0 Å². The van der Waals surface area contributed by atoms with Gasteiger partial charge in [-0.15, -0.1) is 11.3 Å².